The van der Waals surface area contributed by atoms with Crippen molar-refractivity contribution in [2.24, 2.45) is 11.8 Å². The Morgan fingerprint density at radius 3 is 2.11 bits per heavy atom. The number of hydrogen-bond donors (Lipinski definition) is 1. The van der Waals surface area contributed by atoms with E-state index in [1.54, 1.807) is 6.08 Å². The molecule has 2 aromatic carbocycles. The van der Waals surface area contributed by atoms with Crippen molar-refractivity contribution >= 4 is 6.29 Å². The van der Waals surface area contributed by atoms with Crippen molar-refractivity contribution in [3.05, 3.63) is 83.4 Å². The van der Waals surface area contributed by atoms with Crippen LogP contribution >= 0.6 is 0 Å². The first-order valence-corrected chi connectivity index (χ1v) is 9.42. The fraction of sp³-hybridized carbons (Fsp3) is 0.348. The van der Waals surface area contributed by atoms with Gasteiger partial charge in [-0.05, 0) is 29.2 Å². The molecule has 0 unspecified atom stereocenters. The molecule has 0 heterocycles. The smallest absolute Gasteiger partial charge is 0.146 e. The molecule has 0 aromatic heterocycles. The summed E-state index contributed by atoms with van der Waals surface area (Å²) in [7, 11) is 0. The third kappa shape index (κ3) is 3.88. The summed E-state index contributed by atoms with van der Waals surface area (Å²) in [5, 5.41) is 10.4. The lowest BCUT2D eigenvalue weighted by Gasteiger charge is -2.25. The molecule has 5 atom stereocenters. The molecule has 0 spiro atoms. The Labute approximate surface area is 159 Å². The van der Waals surface area contributed by atoms with Gasteiger partial charge in [0.05, 0.1) is 31.5 Å². The van der Waals surface area contributed by atoms with Gasteiger partial charge in [-0.3, -0.25) is 4.79 Å². The second kappa shape index (κ2) is 8.17. The van der Waals surface area contributed by atoms with Gasteiger partial charge in [0.15, 0.2) is 0 Å². The third-order valence-corrected chi connectivity index (χ3v) is 5.60. The number of ether oxygens (including phenoxy) is 2. The minimum absolute atomic E-state index is 0.0215. The molecule has 0 saturated heterocycles. The Morgan fingerprint density at radius 1 is 0.926 bits per heavy atom. The minimum atomic E-state index is -0.608. The Bertz CT molecular complexity index is 787. The Kier molecular flexibility index (Phi) is 5.48. The molecule has 27 heavy (non-hydrogen) atoms. The molecule has 0 radical (unpaired) electrons. The van der Waals surface area contributed by atoms with Gasteiger partial charge in [0.1, 0.15) is 6.29 Å². The summed E-state index contributed by atoms with van der Waals surface area (Å²) in [6.45, 7) is 0.953. The normalized spacial score (nSPS) is 29.4. The lowest BCUT2D eigenvalue weighted by atomic mass is 9.93. The lowest BCUT2D eigenvalue weighted by molar-refractivity contribution is -0.107. The van der Waals surface area contributed by atoms with Gasteiger partial charge < -0.3 is 14.6 Å². The number of carbonyl (C=O) groups is 1. The van der Waals surface area contributed by atoms with E-state index in [0.29, 0.717) is 25.2 Å². The molecule has 1 saturated carbocycles. The standard InChI is InChI=1S/C23H24O4/c24-13-18-11-20(25)19-12-21(26-14-16-7-3-1-4-8-16)23(22(18)19)27-15-17-9-5-2-6-10-17/h1-11,13,19-23,25H,12,14-15H2/t19-,20-,21+,22+,23+/m0/s1. The van der Waals surface area contributed by atoms with Gasteiger partial charge in [0.2, 0.25) is 0 Å². The van der Waals surface area contributed by atoms with Gasteiger partial charge in [-0.25, -0.2) is 0 Å². The maximum Gasteiger partial charge on any atom is 0.146 e. The van der Waals surface area contributed by atoms with Crippen LogP contribution in [0.3, 0.4) is 0 Å². The van der Waals surface area contributed by atoms with Gasteiger partial charge in [-0.2, -0.15) is 0 Å². The first-order chi connectivity index (χ1) is 13.3. The average Bonchev–Trinajstić information content (AvgIpc) is 3.23. The second-order valence-corrected chi connectivity index (χ2v) is 7.30. The summed E-state index contributed by atoms with van der Waals surface area (Å²) in [5.41, 5.74) is 2.82. The molecule has 2 aliphatic carbocycles. The fourth-order valence-corrected chi connectivity index (χ4v) is 4.28. The van der Waals surface area contributed by atoms with E-state index in [2.05, 4.69) is 0 Å². The van der Waals surface area contributed by atoms with Crippen LogP contribution in [0.15, 0.2) is 72.3 Å². The summed E-state index contributed by atoms with van der Waals surface area (Å²) >= 11 is 0. The summed E-state index contributed by atoms with van der Waals surface area (Å²) in [4.78, 5) is 11.5. The molecule has 0 amide bonds. The second-order valence-electron chi connectivity index (χ2n) is 7.30. The number of aliphatic hydroxyl groups excluding tert-OH is 1. The molecule has 4 heteroatoms. The van der Waals surface area contributed by atoms with Crippen molar-refractivity contribution in [1.82, 2.24) is 0 Å². The van der Waals surface area contributed by atoms with E-state index in [9.17, 15) is 9.90 Å². The number of carbonyl (C=O) groups excluding carboxylic acids is 1. The van der Waals surface area contributed by atoms with Crippen molar-refractivity contribution in [2.75, 3.05) is 0 Å². The van der Waals surface area contributed by atoms with Crippen LogP contribution in [0.2, 0.25) is 0 Å². The van der Waals surface area contributed by atoms with E-state index in [0.717, 1.165) is 17.4 Å². The molecule has 2 aliphatic rings. The first-order valence-electron chi connectivity index (χ1n) is 9.42. The summed E-state index contributed by atoms with van der Waals surface area (Å²) < 4.78 is 12.4. The molecular weight excluding hydrogens is 340 g/mol. The van der Waals surface area contributed by atoms with Crippen LogP contribution in [0.5, 0.6) is 0 Å². The first kappa shape index (κ1) is 18.1. The van der Waals surface area contributed by atoms with Gasteiger partial charge >= 0.3 is 0 Å². The summed E-state index contributed by atoms with van der Waals surface area (Å²) in [6, 6.07) is 20.0. The highest BCUT2D eigenvalue weighted by Gasteiger charge is 2.51. The van der Waals surface area contributed by atoms with Crippen LogP contribution in [-0.2, 0) is 27.5 Å². The van der Waals surface area contributed by atoms with E-state index in [1.807, 2.05) is 60.7 Å². The number of fused-ring (bicyclic) bond motifs is 1. The van der Waals surface area contributed by atoms with Crippen LogP contribution in [0.25, 0.3) is 0 Å². The zero-order valence-electron chi connectivity index (χ0n) is 15.1. The van der Waals surface area contributed by atoms with Crippen molar-refractivity contribution in [3.8, 4) is 0 Å². The molecule has 4 nitrogen and oxygen atoms in total. The predicted octanol–water partition coefficient (Wildman–Crippen LogP) is 3.29. The van der Waals surface area contributed by atoms with Crippen LogP contribution in [0.4, 0.5) is 0 Å². The van der Waals surface area contributed by atoms with Crippen molar-refractivity contribution < 1.29 is 19.4 Å². The number of aldehydes is 1. The highest BCUT2D eigenvalue weighted by atomic mass is 16.5. The summed E-state index contributed by atoms with van der Waals surface area (Å²) in [5.74, 6) is -0.131. The molecular formula is C23H24O4. The zero-order valence-corrected chi connectivity index (χ0v) is 15.1. The van der Waals surface area contributed by atoms with Gasteiger partial charge in [0.25, 0.3) is 0 Å². The molecule has 0 aliphatic heterocycles. The van der Waals surface area contributed by atoms with Gasteiger partial charge in [0, 0.05) is 11.8 Å². The monoisotopic (exact) mass is 364 g/mol. The largest absolute Gasteiger partial charge is 0.389 e. The number of aliphatic hydroxyl groups is 1. The van der Waals surface area contributed by atoms with E-state index in [-0.39, 0.29) is 24.0 Å². The SMILES string of the molecule is O=CC1=C[C@H](O)[C@@H]2C[C@@H](OCc3ccccc3)[C@@H](OCc3ccccc3)[C@H]12. The third-order valence-electron chi connectivity index (χ3n) is 5.60. The van der Waals surface area contributed by atoms with Gasteiger partial charge in [-0.1, -0.05) is 60.7 Å². The quantitative estimate of drug-likeness (QED) is 0.766. The maximum atomic E-state index is 11.5. The molecule has 2 aromatic rings. The molecule has 0 bridgehead atoms. The molecule has 140 valence electrons. The van der Waals surface area contributed by atoms with E-state index in [4.69, 9.17) is 9.47 Å². The number of rotatable bonds is 7. The van der Waals surface area contributed by atoms with E-state index < -0.39 is 6.10 Å². The predicted molar refractivity (Wildman–Crippen MR) is 102 cm³/mol. The number of benzene rings is 2. The highest BCUT2D eigenvalue weighted by molar-refractivity contribution is 5.76. The average molecular weight is 364 g/mol. The summed E-state index contributed by atoms with van der Waals surface area (Å²) in [6.07, 6.45) is 2.21. The van der Waals surface area contributed by atoms with E-state index >= 15 is 0 Å². The van der Waals surface area contributed by atoms with E-state index in [1.165, 1.54) is 0 Å². The Morgan fingerprint density at radius 2 is 1.52 bits per heavy atom. The van der Waals surface area contributed by atoms with Crippen molar-refractivity contribution in [1.29, 1.82) is 0 Å². The highest BCUT2D eigenvalue weighted by Crippen LogP contribution is 2.46. The fourth-order valence-electron chi connectivity index (χ4n) is 4.28. The molecule has 1 fully saturated rings. The van der Waals surface area contributed by atoms with Crippen molar-refractivity contribution in [3.63, 3.8) is 0 Å². The maximum absolute atomic E-state index is 11.5. The van der Waals surface area contributed by atoms with Crippen molar-refractivity contribution in [2.45, 2.75) is 37.9 Å². The van der Waals surface area contributed by atoms with Crippen LogP contribution in [0.1, 0.15) is 17.5 Å². The van der Waals surface area contributed by atoms with Gasteiger partial charge in [-0.15, -0.1) is 0 Å². The minimum Gasteiger partial charge on any atom is -0.389 e. The zero-order chi connectivity index (χ0) is 18.6. The van der Waals surface area contributed by atoms with Crippen LogP contribution in [-0.4, -0.2) is 29.7 Å². The lowest BCUT2D eigenvalue weighted by Crippen LogP contribution is -2.32. The Hall–Kier alpha value is -2.27. The van der Waals surface area contributed by atoms with Crippen LogP contribution < -0.4 is 0 Å². The molecule has 1 N–H and O–H groups in total. The number of hydrogen-bond acceptors (Lipinski definition) is 4. The topological polar surface area (TPSA) is 55.8 Å². The molecule has 4 rings (SSSR count). The van der Waals surface area contributed by atoms with Crippen LogP contribution in [0, 0.1) is 11.8 Å². The Balaban J connectivity index is 1.49.